The molecule has 0 amide bonds. The van der Waals surface area contributed by atoms with Crippen molar-refractivity contribution in [1.82, 2.24) is 9.55 Å². The minimum absolute atomic E-state index is 0.0239. The van der Waals surface area contributed by atoms with E-state index in [0.29, 0.717) is 6.42 Å². The van der Waals surface area contributed by atoms with E-state index >= 15 is 0 Å². The second-order valence-corrected chi connectivity index (χ2v) is 12.2. The Morgan fingerprint density at radius 2 is 2.00 bits per heavy atom. The lowest BCUT2D eigenvalue weighted by atomic mass is 9.96. The molecular formula is C12H21ClN3O11P3. The van der Waals surface area contributed by atoms with Gasteiger partial charge in [0.15, 0.2) is 0 Å². The van der Waals surface area contributed by atoms with Crippen LogP contribution in [-0.2, 0) is 27.1 Å². The van der Waals surface area contributed by atoms with E-state index < -0.39 is 46.4 Å². The van der Waals surface area contributed by atoms with Gasteiger partial charge in [0.1, 0.15) is 12.0 Å². The van der Waals surface area contributed by atoms with Crippen molar-refractivity contribution in [2.45, 2.75) is 43.7 Å². The zero-order valence-corrected chi connectivity index (χ0v) is 18.9. The third kappa shape index (κ3) is 6.69. The Kier molecular flexibility index (Phi) is 7.77. The second-order valence-electron chi connectivity index (χ2n) is 6.71. The molecule has 1 saturated heterocycles. The predicted octanol–water partition coefficient (Wildman–Crippen LogP) is 1.30. The summed E-state index contributed by atoms with van der Waals surface area (Å²) in [5.41, 5.74) is 2.24. The van der Waals surface area contributed by atoms with Gasteiger partial charge in [0, 0.05) is 6.20 Å². The van der Waals surface area contributed by atoms with E-state index in [-0.39, 0.29) is 24.5 Å². The van der Waals surface area contributed by atoms with Gasteiger partial charge in [0.25, 0.3) is 0 Å². The minimum atomic E-state index is -5.55. The first kappa shape index (κ1) is 25.6. The molecule has 6 N–H and O–H groups in total. The van der Waals surface area contributed by atoms with Crippen molar-refractivity contribution in [3.63, 3.8) is 0 Å². The van der Waals surface area contributed by atoms with Crippen molar-refractivity contribution in [3.05, 3.63) is 22.7 Å². The molecule has 0 saturated carbocycles. The molecule has 14 nitrogen and oxygen atoms in total. The van der Waals surface area contributed by atoms with Gasteiger partial charge in [0.05, 0.1) is 17.1 Å². The quantitative estimate of drug-likeness (QED) is 0.233. The van der Waals surface area contributed by atoms with Gasteiger partial charge in [0.2, 0.25) is 0 Å². The van der Waals surface area contributed by atoms with E-state index in [9.17, 15) is 28.3 Å². The molecule has 2 unspecified atom stereocenters. The number of aromatic nitrogens is 2. The van der Waals surface area contributed by atoms with Crippen LogP contribution in [-0.4, -0.2) is 46.3 Å². The maximum atomic E-state index is 12.4. The van der Waals surface area contributed by atoms with Gasteiger partial charge in [-0.3, -0.25) is 9.13 Å². The van der Waals surface area contributed by atoms with Gasteiger partial charge in [-0.25, -0.2) is 18.2 Å². The highest BCUT2D eigenvalue weighted by atomic mass is 35.5. The number of nitrogens with two attached hydrogens (primary N) is 1. The molecule has 0 aromatic carbocycles. The molecule has 1 aliphatic rings. The number of phosphoric acid groups is 2. The lowest BCUT2D eigenvalue weighted by molar-refractivity contribution is -0.0653. The van der Waals surface area contributed by atoms with Crippen LogP contribution in [0.15, 0.2) is 17.1 Å². The third-order valence-electron chi connectivity index (χ3n) is 4.29. The topological polar surface area (TPSA) is 221 Å². The minimum Gasteiger partial charge on any atom is -0.383 e. The van der Waals surface area contributed by atoms with Gasteiger partial charge in [-0.2, -0.15) is 9.29 Å². The highest BCUT2D eigenvalue weighted by molar-refractivity contribution is 7.68. The first-order valence-electron chi connectivity index (χ1n) is 8.30. The van der Waals surface area contributed by atoms with Crippen LogP contribution in [0.25, 0.3) is 0 Å². The number of nitrogens with zero attached hydrogens (tertiary/aromatic N) is 2. The van der Waals surface area contributed by atoms with Gasteiger partial charge in [-0.05, 0) is 25.3 Å². The lowest BCUT2D eigenvalue weighted by Crippen LogP contribution is -2.36. The maximum absolute atomic E-state index is 12.4. The zero-order valence-electron chi connectivity index (χ0n) is 15.5. The molecule has 1 aromatic heterocycles. The number of rotatable bonds is 9. The van der Waals surface area contributed by atoms with Crippen LogP contribution in [0.3, 0.4) is 0 Å². The van der Waals surface area contributed by atoms with E-state index in [0.717, 1.165) is 0 Å². The summed E-state index contributed by atoms with van der Waals surface area (Å²) in [5, 5.41) is 0. The van der Waals surface area contributed by atoms with E-state index in [1.807, 2.05) is 0 Å². The summed E-state index contributed by atoms with van der Waals surface area (Å²) in [7, 11) is -15.9. The second kappa shape index (κ2) is 9.09. The van der Waals surface area contributed by atoms with Crippen molar-refractivity contribution in [2.24, 2.45) is 0 Å². The summed E-state index contributed by atoms with van der Waals surface area (Å²) < 4.78 is 49.4. The number of alkyl halides is 1. The standard InChI is InChI=1S/C12H21ClN3O11P3/c1-8(28(18,19)26-30(23,24)27-29(20,21)22)6-12(7-13)4-2-10(25-12)16-5-3-9(14)15-11(16)17/h3,5,8,10H,2,4,6-7H2,1H3,(H,18,19)(H,23,24)(H2,14,15,17)(H2,20,21,22)/t8-,10-,12+/m1/s1. The van der Waals surface area contributed by atoms with Crippen LogP contribution >= 0.6 is 34.8 Å². The number of hydrogen-bond donors (Lipinski definition) is 5. The summed E-state index contributed by atoms with van der Waals surface area (Å²) >= 11 is 6.00. The van der Waals surface area contributed by atoms with E-state index in [1.165, 1.54) is 23.8 Å². The highest BCUT2D eigenvalue weighted by Crippen LogP contribution is 2.68. The first-order valence-corrected chi connectivity index (χ1v) is 13.5. The van der Waals surface area contributed by atoms with Crippen LogP contribution < -0.4 is 11.4 Å². The summed E-state index contributed by atoms with van der Waals surface area (Å²) in [5.74, 6) is -0.128. The zero-order chi connectivity index (χ0) is 23.0. The molecule has 0 aliphatic carbocycles. The van der Waals surface area contributed by atoms with Crippen LogP contribution in [0.2, 0.25) is 0 Å². The fraction of sp³-hybridized carbons (Fsp3) is 0.667. The van der Waals surface area contributed by atoms with E-state index in [4.69, 9.17) is 31.9 Å². The number of hydrogen-bond acceptors (Lipinski definition) is 9. The van der Waals surface area contributed by atoms with Crippen LogP contribution in [0.1, 0.15) is 32.4 Å². The van der Waals surface area contributed by atoms with Gasteiger partial charge in [-0.1, -0.05) is 6.92 Å². The largest absolute Gasteiger partial charge is 0.488 e. The average Bonchev–Trinajstić information content (AvgIpc) is 2.95. The summed E-state index contributed by atoms with van der Waals surface area (Å²) in [4.78, 5) is 52.2. The Hall–Kier alpha value is -0.620. The normalized spacial score (nSPS) is 27.3. The molecule has 1 aromatic rings. The fourth-order valence-corrected chi connectivity index (χ4v) is 7.13. The van der Waals surface area contributed by atoms with Crippen molar-refractivity contribution >= 4 is 40.7 Å². The molecule has 0 bridgehead atoms. The Morgan fingerprint density at radius 1 is 1.37 bits per heavy atom. The maximum Gasteiger partial charge on any atom is 0.488 e. The first-order chi connectivity index (χ1) is 13.6. The summed E-state index contributed by atoms with van der Waals surface area (Å²) in [6, 6.07) is 1.39. The van der Waals surface area contributed by atoms with Crippen molar-refractivity contribution in [1.29, 1.82) is 0 Å². The summed E-state index contributed by atoms with van der Waals surface area (Å²) in [6.45, 7) is 1.19. The molecular weight excluding hydrogens is 491 g/mol. The van der Waals surface area contributed by atoms with Gasteiger partial charge in [-0.15, -0.1) is 11.6 Å². The number of nitrogen functional groups attached to an aromatic ring is 1. The van der Waals surface area contributed by atoms with Crippen molar-refractivity contribution < 1.29 is 46.6 Å². The van der Waals surface area contributed by atoms with Crippen molar-refractivity contribution in [3.8, 4) is 0 Å². The average molecular weight is 512 g/mol. The van der Waals surface area contributed by atoms with Crippen LogP contribution in [0, 0.1) is 0 Å². The van der Waals surface area contributed by atoms with Crippen molar-refractivity contribution in [2.75, 3.05) is 11.6 Å². The predicted molar refractivity (Wildman–Crippen MR) is 104 cm³/mol. The number of halogens is 1. The Labute approximate surface area is 175 Å². The Morgan fingerprint density at radius 3 is 2.53 bits per heavy atom. The molecule has 30 heavy (non-hydrogen) atoms. The lowest BCUT2D eigenvalue weighted by Gasteiger charge is -2.31. The molecule has 18 heteroatoms. The molecule has 1 fully saturated rings. The van der Waals surface area contributed by atoms with Gasteiger partial charge < -0.3 is 30.0 Å². The smallest absolute Gasteiger partial charge is 0.383 e. The summed E-state index contributed by atoms with van der Waals surface area (Å²) in [6.07, 6.45) is 0.926. The highest BCUT2D eigenvalue weighted by Gasteiger charge is 2.48. The monoisotopic (exact) mass is 511 g/mol. The molecule has 172 valence electrons. The third-order valence-corrected chi connectivity index (χ3v) is 9.51. The van der Waals surface area contributed by atoms with Gasteiger partial charge >= 0.3 is 28.9 Å². The molecule has 2 rings (SSSR count). The Bertz CT molecular complexity index is 984. The molecule has 5 atom stereocenters. The van der Waals surface area contributed by atoms with Crippen LogP contribution in [0.4, 0.5) is 5.82 Å². The molecule has 0 spiro atoms. The molecule has 0 radical (unpaired) electrons. The van der Waals surface area contributed by atoms with E-state index in [2.05, 4.69) is 13.6 Å². The number of anilines is 1. The van der Waals surface area contributed by atoms with E-state index in [1.54, 1.807) is 0 Å². The molecule has 1 aliphatic heterocycles. The van der Waals surface area contributed by atoms with Crippen LogP contribution in [0.5, 0.6) is 0 Å². The Balaban J connectivity index is 2.14. The number of ether oxygens (including phenoxy) is 1. The molecule has 2 heterocycles. The fourth-order valence-electron chi connectivity index (χ4n) is 2.97. The SMILES string of the molecule is C[C@H](C[C@]1(CCl)CC[C@H](n2ccc(N)nc2=O)O1)P(=O)(O)OP(=O)(O)OP(=O)(O)O.